The largest absolute Gasteiger partial charge is 0.497 e. The molecule has 0 bridgehead atoms. The zero-order valence-corrected chi connectivity index (χ0v) is 22.9. The minimum absolute atomic E-state index is 0.142. The molecular formula is C28H34N6O3S. The molecule has 1 aliphatic heterocycles. The van der Waals surface area contributed by atoms with E-state index >= 15 is 0 Å². The van der Waals surface area contributed by atoms with Crippen LogP contribution in [0.2, 0.25) is 0 Å². The van der Waals surface area contributed by atoms with Crippen molar-refractivity contribution in [3.8, 4) is 5.75 Å². The van der Waals surface area contributed by atoms with E-state index in [2.05, 4.69) is 25.4 Å². The van der Waals surface area contributed by atoms with Crippen LogP contribution < -0.4 is 20.3 Å². The van der Waals surface area contributed by atoms with Crippen molar-refractivity contribution in [3.63, 3.8) is 0 Å². The molecule has 1 aromatic heterocycles. The van der Waals surface area contributed by atoms with Gasteiger partial charge in [0.05, 0.1) is 30.8 Å². The maximum absolute atomic E-state index is 13.6. The highest BCUT2D eigenvalue weighted by atomic mass is 32.2. The van der Waals surface area contributed by atoms with Crippen LogP contribution in [0.4, 0.5) is 17.1 Å². The molecule has 9 nitrogen and oxygen atoms in total. The van der Waals surface area contributed by atoms with Crippen LogP contribution >= 0.6 is 11.8 Å². The van der Waals surface area contributed by atoms with Gasteiger partial charge in [-0.25, -0.2) is 0 Å². The first kappa shape index (κ1) is 26.1. The average molecular weight is 535 g/mol. The number of nitrogens with zero attached hydrogens (tertiary/aromatic N) is 4. The predicted octanol–water partition coefficient (Wildman–Crippen LogP) is 5.26. The minimum atomic E-state index is -1.01. The second-order valence-electron chi connectivity index (χ2n) is 10.2. The third-order valence-corrected chi connectivity index (χ3v) is 8.21. The summed E-state index contributed by atoms with van der Waals surface area (Å²) in [7, 11) is 1.65. The van der Waals surface area contributed by atoms with Crippen LogP contribution in [0.25, 0.3) is 0 Å². The van der Waals surface area contributed by atoms with Gasteiger partial charge in [0.15, 0.2) is 11.0 Å². The summed E-state index contributed by atoms with van der Waals surface area (Å²) in [6.45, 7) is 4.05. The van der Waals surface area contributed by atoms with Crippen LogP contribution in [0, 0.1) is 0 Å². The number of nitrogens with one attached hydrogen (secondary N) is 2. The van der Waals surface area contributed by atoms with E-state index < -0.39 is 5.54 Å². The number of amides is 2. The third-order valence-electron chi connectivity index (χ3n) is 7.28. The fraction of sp³-hybridized carbons (Fsp3) is 0.429. The van der Waals surface area contributed by atoms with E-state index in [-0.39, 0.29) is 17.6 Å². The van der Waals surface area contributed by atoms with Crippen LogP contribution in [0.5, 0.6) is 5.75 Å². The number of fused-ring (bicyclic) bond motifs is 1. The molecule has 0 unspecified atom stereocenters. The first-order valence-corrected chi connectivity index (χ1v) is 14.0. The number of ether oxygens (including phenoxy) is 1. The molecule has 2 amide bonds. The normalized spacial score (nSPS) is 17.0. The Morgan fingerprint density at radius 1 is 1.13 bits per heavy atom. The standard InChI is InChI=1S/C28H34N6O3S/c1-28(2)26(36)30-22-14-7-8-15-23(22)34(28)25(35)18-38-27-32-31-24(33(27)20-11-5-4-6-12-20)17-29-19-10-9-13-21(16-19)37-3/h7-10,13-16,20,29H,4-6,11-12,17-18H2,1-3H3,(H,30,36). The molecule has 2 aliphatic rings. The monoisotopic (exact) mass is 534 g/mol. The SMILES string of the molecule is COc1cccc(NCc2nnc(SCC(=O)N3c4ccccc4NC(=O)C3(C)C)n2C2CCCCC2)c1. The molecular weight excluding hydrogens is 500 g/mol. The number of methoxy groups -OCH3 is 1. The number of benzene rings is 2. The van der Waals surface area contributed by atoms with Crippen LogP contribution in [0.15, 0.2) is 53.7 Å². The zero-order chi connectivity index (χ0) is 26.7. The van der Waals surface area contributed by atoms with Crippen molar-refractivity contribution in [2.24, 2.45) is 0 Å². The Kier molecular flexibility index (Phi) is 7.60. The second kappa shape index (κ2) is 11.1. The Morgan fingerprint density at radius 3 is 2.71 bits per heavy atom. The molecule has 2 N–H and O–H groups in total. The molecule has 0 saturated heterocycles. The lowest BCUT2D eigenvalue weighted by molar-refractivity contribution is -0.125. The third kappa shape index (κ3) is 5.22. The number of hydrogen-bond donors (Lipinski definition) is 2. The van der Waals surface area contributed by atoms with Gasteiger partial charge >= 0.3 is 0 Å². The minimum Gasteiger partial charge on any atom is -0.497 e. The molecule has 1 saturated carbocycles. The number of para-hydroxylation sites is 2. The van der Waals surface area contributed by atoms with Gasteiger partial charge in [0.25, 0.3) is 0 Å². The number of anilines is 3. The van der Waals surface area contributed by atoms with Crippen molar-refractivity contribution < 1.29 is 14.3 Å². The number of thioether (sulfide) groups is 1. The van der Waals surface area contributed by atoms with Gasteiger partial charge < -0.3 is 19.9 Å². The molecule has 2 aromatic carbocycles. The fourth-order valence-corrected chi connectivity index (χ4v) is 6.11. The lowest BCUT2D eigenvalue weighted by Gasteiger charge is -2.42. The molecule has 38 heavy (non-hydrogen) atoms. The highest BCUT2D eigenvalue weighted by Gasteiger charge is 2.43. The smallest absolute Gasteiger partial charge is 0.250 e. The number of hydrogen-bond acceptors (Lipinski definition) is 7. The van der Waals surface area contributed by atoms with E-state index in [0.29, 0.717) is 24.0 Å². The Hall–Kier alpha value is -3.53. The van der Waals surface area contributed by atoms with Crippen LogP contribution in [0.3, 0.4) is 0 Å². The Bertz CT molecular complexity index is 1320. The van der Waals surface area contributed by atoms with Crippen LogP contribution in [-0.4, -0.2) is 45.0 Å². The van der Waals surface area contributed by atoms with Crippen molar-refractivity contribution in [1.82, 2.24) is 14.8 Å². The van der Waals surface area contributed by atoms with Gasteiger partial charge in [-0.05, 0) is 51.0 Å². The quantitative estimate of drug-likeness (QED) is 0.380. The van der Waals surface area contributed by atoms with E-state index in [4.69, 9.17) is 4.74 Å². The summed E-state index contributed by atoms with van der Waals surface area (Å²) >= 11 is 1.39. The maximum Gasteiger partial charge on any atom is 0.250 e. The van der Waals surface area contributed by atoms with Crippen LogP contribution in [0.1, 0.15) is 57.8 Å². The second-order valence-corrected chi connectivity index (χ2v) is 11.1. The van der Waals surface area contributed by atoms with Gasteiger partial charge in [0.1, 0.15) is 11.3 Å². The fourth-order valence-electron chi connectivity index (χ4n) is 5.24. The number of carbonyl (C=O) groups excluding carboxylic acids is 2. The molecule has 0 spiro atoms. The summed E-state index contributed by atoms with van der Waals surface area (Å²) in [6.07, 6.45) is 5.71. The van der Waals surface area contributed by atoms with Gasteiger partial charge in [-0.1, -0.05) is 49.2 Å². The van der Waals surface area contributed by atoms with Crippen molar-refractivity contribution in [2.75, 3.05) is 28.4 Å². The van der Waals surface area contributed by atoms with E-state index in [9.17, 15) is 9.59 Å². The van der Waals surface area contributed by atoms with Gasteiger partial charge in [0.2, 0.25) is 11.8 Å². The lowest BCUT2D eigenvalue weighted by Crippen LogP contribution is -2.59. The molecule has 1 aliphatic carbocycles. The number of carbonyl (C=O) groups is 2. The summed E-state index contributed by atoms with van der Waals surface area (Å²) in [5, 5.41) is 16.1. The summed E-state index contributed by atoms with van der Waals surface area (Å²) < 4.78 is 7.55. The Morgan fingerprint density at radius 2 is 1.92 bits per heavy atom. The topological polar surface area (TPSA) is 101 Å². The first-order chi connectivity index (χ1) is 18.4. The van der Waals surface area contributed by atoms with Crippen molar-refractivity contribution in [3.05, 3.63) is 54.4 Å². The van der Waals surface area contributed by atoms with Crippen molar-refractivity contribution in [1.29, 1.82) is 0 Å². The molecule has 0 radical (unpaired) electrons. The Labute approximate surface area is 227 Å². The molecule has 10 heteroatoms. The lowest BCUT2D eigenvalue weighted by atomic mass is 9.95. The van der Waals surface area contributed by atoms with E-state index in [1.165, 1.54) is 31.0 Å². The zero-order valence-electron chi connectivity index (χ0n) is 22.1. The highest BCUT2D eigenvalue weighted by molar-refractivity contribution is 7.99. The van der Waals surface area contributed by atoms with Gasteiger partial charge in [-0.15, -0.1) is 10.2 Å². The van der Waals surface area contributed by atoms with Gasteiger partial charge in [-0.2, -0.15) is 0 Å². The molecule has 2 heterocycles. The summed E-state index contributed by atoms with van der Waals surface area (Å²) in [5.41, 5.74) is 1.29. The molecule has 0 atom stereocenters. The van der Waals surface area contributed by atoms with Crippen LogP contribution in [-0.2, 0) is 16.1 Å². The van der Waals surface area contributed by atoms with E-state index in [1.54, 1.807) is 25.9 Å². The molecule has 3 aromatic rings. The van der Waals surface area contributed by atoms with Crippen molar-refractivity contribution in [2.45, 2.75) is 69.2 Å². The Balaban J connectivity index is 1.36. The van der Waals surface area contributed by atoms with Gasteiger partial charge in [0, 0.05) is 17.8 Å². The van der Waals surface area contributed by atoms with Gasteiger partial charge in [-0.3, -0.25) is 14.5 Å². The molecule has 200 valence electrons. The van der Waals surface area contributed by atoms with E-state index in [1.807, 2.05) is 48.5 Å². The predicted molar refractivity (Wildman–Crippen MR) is 150 cm³/mol. The average Bonchev–Trinajstić information content (AvgIpc) is 3.34. The summed E-state index contributed by atoms with van der Waals surface area (Å²) in [5.74, 6) is 1.44. The molecule has 5 rings (SSSR count). The maximum atomic E-state index is 13.6. The highest BCUT2D eigenvalue weighted by Crippen LogP contribution is 2.38. The van der Waals surface area contributed by atoms with E-state index in [0.717, 1.165) is 35.3 Å². The van der Waals surface area contributed by atoms with Crippen molar-refractivity contribution >= 4 is 40.6 Å². The number of aromatic nitrogens is 3. The summed E-state index contributed by atoms with van der Waals surface area (Å²) in [6, 6.07) is 15.5. The first-order valence-electron chi connectivity index (χ1n) is 13.1. The number of rotatable bonds is 8. The molecule has 1 fully saturated rings. The summed E-state index contributed by atoms with van der Waals surface area (Å²) in [4.78, 5) is 28.0.